The van der Waals surface area contributed by atoms with Crippen molar-refractivity contribution in [3.63, 3.8) is 0 Å². The molecular formula is C24H28N6O3S. The van der Waals surface area contributed by atoms with Crippen molar-refractivity contribution in [2.75, 3.05) is 30.8 Å². The highest BCUT2D eigenvalue weighted by Gasteiger charge is 2.36. The van der Waals surface area contributed by atoms with E-state index in [2.05, 4.69) is 15.1 Å². The van der Waals surface area contributed by atoms with Crippen LogP contribution in [0.15, 0.2) is 29.4 Å². The average molecular weight is 481 g/mol. The number of amides is 2. The molecule has 178 valence electrons. The van der Waals surface area contributed by atoms with Crippen LogP contribution in [-0.2, 0) is 16.0 Å². The predicted octanol–water partition coefficient (Wildman–Crippen LogP) is 2.81. The third-order valence-corrected chi connectivity index (χ3v) is 7.10. The van der Waals surface area contributed by atoms with Crippen LogP contribution in [0.3, 0.4) is 0 Å². The van der Waals surface area contributed by atoms with Gasteiger partial charge in [0, 0.05) is 30.0 Å². The molecule has 10 heteroatoms. The Morgan fingerprint density at radius 2 is 1.88 bits per heavy atom. The molecule has 5 rings (SSSR count). The lowest BCUT2D eigenvalue weighted by Gasteiger charge is -2.37. The first-order valence-corrected chi connectivity index (χ1v) is 12.8. The van der Waals surface area contributed by atoms with E-state index in [1.165, 1.54) is 11.8 Å². The van der Waals surface area contributed by atoms with Crippen molar-refractivity contribution in [3.05, 3.63) is 41.2 Å². The molecule has 3 aromatic rings. The van der Waals surface area contributed by atoms with Gasteiger partial charge in [-0.25, -0.2) is 9.50 Å². The van der Waals surface area contributed by atoms with Gasteiger partial charge in [0.25, 0.3) is 11.7 Å². The van der Waals surface area contributed by atoms with Crippen LogP contribution >= 0.6 is 11.8 Å². The van der Waals surface area contributed by atoms with Gasteiger partial charge in [0.2, 0.25) is 11.1 Å². The minimum Gasteiger partial charge on any atom is -0.476 e. The zero-order valence-electron chi connectivity index (χ0n) is 19.7. The Morgan fingerprint density at radius 3 is 2.65 bits per heavy atom. The molecule has 2 aliphatic rings. The van der Waals surface area contributed by atoms with E-state index >= 15 is 0 Å². The molecule has 0 bridgehead atoms. The minimum absolute atomic E-state index is 0.0466. The lowest BCUT2D eigenvalue weighted by Crippen LogP contribution is -2.53. The van der Waals surface area contributed by atoms with Crippen molar-refractivity contribution in [1.82, 2.24) is 24.5 Å². The molecule has 1 atom stereocenters. The maximum atomic E-state index is 13.6. The Labute approximate surface area is 202 Å². The number of para-hydroxylation sites is 2. The number of hydrogen-bond acceptors (Lipinski definition) is 7. The Kier molecular flexibility index (Phi) is 6.16. The van der Waals surface area contributed by atoms with E-state index in [1.54, 1.807) is 9.42 Å². The number of nitrogens with zero attached hydrogens (tertiary/aromatic N) is 6. The molecule has 0 unspecified atom stereocenters. The number of aromatic nitrogens is 4. The molecule has 0 aliphatic carbocycles. The smallest absolute Gasteiger partial charge is 0.265 e. The summed E-state index contributed by atoms with van der Waals surface area (Å²) in [5.74, 6) is 0.930. The molecule has 1 saturated heterocycles. The van der Waals surface area contributed by atoms with Gasteiger partial charge in [0.05, 0.1) is 18.7 Å². The summed E-state index contributed by atoms with van der Waals surface area (Å²) < 4.78 is 7.77. The average Bonchev–Trinajstić information content (AvgIpc) is 3.29. The van der Waals surface area contributed by atoms with Crippen molar-refractivity contribution in [1.29, 1.82) is 0 Å². The largest absolute Gasteiger partial charge is 0.476 e. The summed E-state index contributed by atoms with van der Waals surface area (Å²) in [6.07, 6.45) is 4.51. The maximum Gasteiger partial charge on any atom is 0.265 e. The van der Waals surface area contributed by atoms with E-state index in [0.717, 1.165) is 49.3 Å². The van der Waals surface area contributed by atoms with E-state index in [4.69, 9.17) is 4.74 Å². The number of ether oxygens (including phenoxy) is 1. The summed E-state index contributed by atoms with van der Waals surface area (Å²) in [4.78, 5) is 39.4. The third kappa shape index (κ3) is 4.11. The Morgan fingerprint density at radius 1 is 1.12 bits per heavy atom. The summed E-state index contributed by atoms with van der Waals surface area (Å²) in [6.45, 7) is 5.50. The van der Waals surface area contributed by atoms with Crippen molar-refractivity contribution >= 4 is 35.0 Å². The Bertz CT molecular complexity index is 1250. The van der Waals surface area contributed by atoms with E-state index in [0.29, 0.717) is 22.4 Å². The van der Waals surface area contributed by atoms with Gasteiger partial charge in [-0.1, -0.05) is 23.9 Å². The topological polar surface area (TPSA) is 92.9 Å². The lowest BCUT2D eigenvalue weighted by atomic mass is 10.1. The van der Waals surface area contributed by atoms with Gasteiger partial charge in [-0.3, -0.25) is 9.59 Å². The monoisotopic (exact) mass is 480 g/mol. The van der Waals surface area contributed by atoms with E-state index in [9.17, 15) is 9.59 Å². The molecule has 0 saturated carbocycles. The number of likely N-dealkylation sites (tertiary alicyclic amines) is 1. The second-order valence-electron chi connectivity index (χ2n) is 8.71. The quantitative estimate of drug-likeness (QED) is 0.530. The molecule has 2 amide bonds. The molecular weight excluding hydrogens is 452 g/mol. The van der Waals surface area contributed by atoms with Gasteiger partial charge in [-0.15, -0.1) is 5.10 Å². The molecule has 1 fully saturated rings. The maximum absolute atomic E-state index is 13.6. The first kappa shape index (κ1) is 22.6. The SMILES string of the molecule is CSc1nc2nc(C)c(CC(=O)N3C[C@@H](C(=O)N4CCCCC4)Oc4ccccc43)c(C)n2n1. The van der Waals surface area contributed by atoms with Crippen molar-refractivity contribution in [3.8, 4) is 5.75 Å². The third-order valence-electron chi connectivity index (χ3n) is 6.56. The molecule has 9 nitrogen and oxygen atoms in total. The highest BCUT2D eigenvalue weighted by Crippen LogP contribution is 2.34. The second-order valence-corrected chi connectivity index (χ2v) is 9.49. The number of anilines is 1. The van der Waals surface area contributed by atoms with E-state index in [-0.39, 0.29) is 24.8 Å². The Balaban J connectivity index is 1.44. The van der Waals surface area contributed by atoms with E-state index < -0.39 is 6.10 Å². The fraction of sp³-hybridized carbons (Fsp3) is 0.458. The van der Waals surface area contributed by atoms with Gasteiger partial charge in [0.1, 0.15) is 5.75 Å². The number of thioether (sulfide) groups is 1. The van der Waals surface area contributed by atoms with Gasteiger partial charge in [-0.2, -0.15) is 4.98 Å². The van der Waals surface area contributed by atoms with Crippen LogP contribution in [0.4, 0.5) is 5.69 Å². The van der Waals surface area contributed by atoms with Crippen molar-refractivity contribution in [2.24, 2.45) is 0 Å². The Hall–Kier alpha value is -3.14. The number of carbonyl (C=O) groups is 2. The number of aryl methyl sites for hydroxylation is 2. The number of rotatable bonds is 4. The molecule has 4 heterocycles. The summed E-state index contributed by atoms with van der Waals surface area (Å²) >= 11 is 1.45. The molecule has 0 N–H and O–H groups in total. The number of hydrogen-bond donors (Lipinski definition) is 0. The summed E-state index contributed by atoms with van der Waals surface area (Å²) in [6, 6.07) is 7.40. The van der Waals surface area contributed by atoms with Crippen LogP contribution in [0, 0.1) is 13.8 Å². The van der Waals surface area contributed by atoms with Crippen LogP contribution in [0.5, 0.6) is 5.75 Å². The van der Waals surface area contributed by atoms with Gasteiger partial charge >= 0.3 is 0 Å². The summed E-state index contributed by atoms with van der Waals surface area (Å²) in [5.41, 5.74) is 3.09. The number of carbonyl (C=O) groups excluding carboxylic acids is 2. The van der Waals surface area contributed by atoms with E-state index in [1.807, 2.05) is 49.3 Å². The number of fused-ring (bicyclic) bond motifs is 2. The zero-order chi connectivity index (χ0) is 23.8. The highest BCUT2D eigenvalue weighted by atomic mass is 32.2. The number of piperidine rings is 1. The molecule has 2 aromatic heterocycles. The normalized spacial score (nSPS) is 18.0. The standard InChI is InChI=1S/C24H28N6O3S/c1-15-17(16(2)30-23(25-15)26-24(27-30)34-3)13-21(31)29-14-20(22(32)28-11-7-4-8-12-28)33-19-10-6-5-9-18(19)29/h5-6,9-10,20H,4,7-8,11-14H2,1-3H3/t20-/m0/s1. The molecule has 0 radical (unpaired) electrons. The van der Waals surface area contributed by atoms with Crippen LogP contribution in [0.1, 0.15) is 36.2 Å². The molecule has 1 aromatic carbocycles. The first-order chi connectivity index (χ1) is 16.5. The molecule has 0 spiro atoms. The summed E-state index contributed by atoms with van der Waals surface area (Å²) in [7, 11) is 0. The van der Waals surface area contributed by atoms with Gasteiger partial charge < -0.3 is 14.5 Å². The van der Waals surface area contributed by atoms with Crippen LogP contribution < -0.4 is 9.64 Å². The van der Waals surface area contributed by atoms with Crippen molar-refractivity contribution in [2.45, 2.75) is 50.8 Å². The molecule has 2 aliphatic heterocycles. The lowest BCUT2D eigenvalue weighted by molar-refractivity contribution is -0.139. The van der Waals surface area contributed by atoms with Crippen molar-refractivity contribution < 1.29 is 14.3 Å². The fourth-order valence-corrected chi connectivity index (χ4v) is 5.03. The second kappa shape index (κ2) is 9.25. The van der Waals surface area contributed by atoms with Crippen LogP contribution in [0.2, 0.25) is 0 Å². The summed E-state index contributed by atoms with van der Waals surface area (Å²) in [5, 5.41) is 5.12. The van der Waals surface area contributed by atoms with Crippen LogP contribution in [-0.4, -0.2) is 68.3 Å². The number of benzene rings is 1. The van der Waals surface area contributed by atoms with Gasteiger partial charge in [-0.05, 0) is 51.5 Å². The fourth-order valence-electron chi connectivity index (χ4n) is 4.70. The van der Waals surface area contributed by atoms with Gasteiger partial charge in [0.15, 0.2) is 6.10 Å². The molecule has 34 heavy (non-hydrogen) atoms. The first-order valence-electron chi connectivity index (χ1n) is 11.6. The predicted molar refractivity (Wildman–Crippen MR) is 129 cm³/mol. The minimum atomic E-state index is -0.709. The zero-order valence-corrected chi connectivity index (χ0v) is 20.5. The van der Waals surface area contributed by atoms with Crippen LogP contribution in [0.25, 0.3) is 5.78 Å². The highest BCUT2D eigenvalue weighted by molar-refractivity contribution is 7.98.